The van der Waals surface area contributed by atoms with Crippen LogP contribution < -0.4 is 5.73 Å². The molecule has 1 aromatic carbocycles. The summed E-state index contributed by atoms with van der Waals surface area (Å²) in [6.45, 7) is 0. The van der Waals surface area contributed by atoms with Crippen LogP contribution in [0.1, 0.15) is 17.7 Å². The molecule has 0 unspecified atom stereocenters. The topological polar surface area (TPSA) is 30.9 Å². The van der Waals surface area contributed by atoms with Gasteiger partial charge in [-0.3, -0.25) is 0 Å². The summed E-state index contributed by atoms with van der Waals surface area (Å²) in [5.74, 6) is 0. The molecule has 1 heterocycles. The Balaban J connectivity index is 2.44. The molecule has 1 aromatic heterocycles. The summed E-state index contributed by atoms with van der Waals surface area (Å²) in [5, 5.41) is 1.32. The first kappa shape index (κ1) is 8.60. The summed E-state index contributed by atoms with van der Waals surface area (Å²) in [6.07, 6.45) is 4.17. The maximum atomic E-state index is 5.90. The number of nitrogens with two attached hydrogens (primary N) is 1. The van der Waals surface area contributed by atoms with Crippen molar-refractivity contribution in [3.8, 4) is 0 Å². The van der Waals surface area contributed by atoms with Gasteiger partial charge in [0.15, 0.2) is 0 Å². The van der Waals surface area contributed by atoms with Gasteiger partial charge in [-0.2, -0.15) is 0 Å². The predicted octanol–water partition coefficient (Wildman–Crippen LogP) is 2.42. The summed E-state index contributed by atoms with van der Waals surface area (Å²) in [6, 6.07) is 8.50. The third-order valence-electron chi connectivity index (χ3n) is 3.25. The van der Waals surface area contributed by atoms with Crippen LogP contribution in [0.4, 0.5) is 0 Å². The lowest BCUT2D eigenvalue weighted by atomic mass is 10.0. The number of rotatable bonds is 0. The quantitative estimate of drug-likeness (QED) is 0.692. The van der Waals surface area contributed by atoms with Gasteiger partial charge in [0.05, 0.1) is 0 Å². The molecule has 1 aliphatic carbocycles. The third kappa shape index (κ3) is 1.11. The van der Waals surface area contributed by atoms with Crippen molar-refractivity contribution < 1.29 is 0 Å². The average molecular weight is 198 g/mol. The predicted molar refractivity (Wildman–Crippen MR) is 63.4 cm³/mol. The number of hydrogen-bond acceptors (Lipinski definition) is 1. The van der Waals surface area contributed by atoms with E-state index in [1.165, 1.54) is 22.2 Å². The molecule has 0 saturated heterocycles. The van der Waals surface area contributed by atoms with E-state index in [2.05, 4.69) is 42.0 Å². The first-order valence-electron chi connectivity index (χ1n) is 5.29. The molecule has 1 aliphatic rings. The molecule has 3 rings (SSSR count). The minimum Gasteiger partial charge on any atom is -0.402 e. The molecule has 2 aromatic rings. The number of hydrogen-bond donors (Lipinski definition) is 1. The highest BCUT2D eigenvalue weighted by molar-refractivity contribution is 5.92. The third-order valence-corrected chi connectivity index (χ3v) is 3.25. The minimum absolute atomic E-state index is 0.983. The Kier molecular flexibility index (Phi) is 1.66. The number of allylic oxidation sites excluding steroid dienone is 1. The van der Waals surface area contributed by atoms with Gasteiger partial charge in [0.1, 0.15) is 0 Å². The number of nitrogens with zero attached hydrogens (tertiary/aromatic N) is 1. The standard InChI is InChI=1S/C13H14N2/c1-15-12-5-3-2-4-10(12)11-8-9(14)6-7-13(11)15/h2-5,8H,6-7,14H2,1H3. The van der Waals surface area contributed by atoms with E-state index in [0.717, 1.165) is 18.5 Å². The second kappa shape index (κ2) is 2.89. The Hall–Kier alpha value is -1.70. The van der Waals surface area contributed by atoms with E-state index in [1.54, 1.807) is 0 Å². The van der Waals surface area contributed by atoms with Crippen LogP contribution in [0.5, 0.6) is 0 Å². The van der Waals surface area contributed by atoms with Crippen LogP contribution in [0.15, 0.2) is 30.0 Å². The van der Waals surface area contributed by atoms with E-state index in [0.29, 0.717) is 0 Å². The fraction of sp³-hybridized carbons (Fsp3) is 0.231. The average Bonchev–Trinajstić information content (AvgIpc) is 2.54. The molecule has 0 amide bonds. The van der Waals surface area contributed by atoms with E-state index in [-0.39, 0.29) is 0 Å². The first-order chi connectivity index (χ1) is 7.27. The second-order valence-corrected chi connectivity index (χ2v) is 4.16. The Labute approximate surface area is 89.0 Å². The fourth-order valence-electron chi connectivity index (χ4n) is 2.46. The molecule has 2 heteroatoms. The molecule has 2 N–H and O–H groups in total. The summed E-state index contributed by atoms with van der Waals surface area (Å²) in [7, 11) is 2.14. The summed E-state index contributed by atoms with van der Waals surface area (Å²) in [4.78, 5) is 0. The normalized spacial score (nSPS) is 15.1. The SMILES string of the molecule is Cn1c2c(c3ccccc31)C=C(N)CC2. The van der Waals surface area contributed by atoms with Crippen molar-refractivity contribution in [1.82, 2.24) is 4.57 Å². The summed E-state index contributed by atoms with van der Waals surface area (Å²) in [5.41, 5.74) is 10.9. The van der Waals surface area contributed by atoms with Crippen molar-refractivity contribution in [2.75, 3.05) is 0 Å². The highest BCUT2D eigenvalue weighted by Crippen LogP contribution is 2.31. The van der Waals surface area contributed by atoms with E-state index in [1.807, 2.05) is 0 Å². The van der Waals surface area contributed by atoms with E-state index in [4.69, 9.17) is 5.73 Å². The molecule has 15 heavy (non-hydrogen) atoms. The van der Waals surface area contributed by atoms with Gasteiger partial charge < -0.3 is 10.3 Å². The lowest BCUT2D eigenvalue weighted by Crippen LogP contribution is -2.07. The number of aromatic nitrogens is 1. The van der Waals surface area contributed by atoms with Crippen LogP contribution >= 0.6 is 0 Å². The number of aryl methyl sites for hydroxylation is 1. The van der Waals surface area contributed by atoms with E-state index < -0.39 is 0 Å². The molecule has 0 saturated carbocycles. The Morgan fingerprint density at radius 3 is 2.87 bits per heavy atom. The Morgan fingerprint density at radius 1 is 1.20 bits per heavy atom. The molecule has 76 valence electrons. The molecular weight excluding hydrogens is 184 g/mol. The monoisotopic (exact) mass is 198 g/mol. The highest BCUT2D eigenvalue weighted by Gasteiger charge is 2.16. The highest BCUT2D eigenvalue weighted by atomic mass is 15.0. The fourth-order valence-corrected chi connectivity index (χ4v) is 2.46. The zero-order valence-corrected chi connectivity index (χ0v) is 8.83. The van der Waals surface area contributed by atoms with Crippen LogP contribution in [0.3, 0.4) is 0 Å². The van der Waals surface area contributed by atoms with Crippen molar-refractivity contribution in [3.05, 3.63) is 41.2 Å². The number of fused-ring (bicyclic) bond motifs is 3. The van der Waals surface area contributed by atoms with Crippen molar-refractivity contribution in [1.29, 1.82) is 0 Å². The van der Waals surface area contributed by atoms with Crippen molar-refractivity contribution in [2.45, 2.75) is 12.8 Å². The maximum absolute atomic E-state index is 5.90. The number of para-hydroxylation sites is 1. The van der Waals surface area contributed by atoms with Crippen LogP contribution in [0.25, 0.3) is 17.0 Å². The van der Waals surface area contributed by atoms with Crippen LogP contribution in [0, 0.1) is 0 Å². The van der Waals surface area contributed by atoms with E-state index >= 15 is 0 Å². The molecule has 0 aliphatic heterocycles. The van der Waals surface area contributed by atoms with Gasteiger partial charge in [-0.1, -0.05) is 18.2 Å². The maximum Gasteiger partial charge on any atom is 0.0486 e. The Morgan fingerprint density at radius 2 is 2.00 bits per heavy atom. The zero-order valence-electron chi connectivity index (χ0n) is 8.83. The van der Waals surface area contributed by atoms with Gasteiger partial charge >= 0.3 is 0 Å². The van der Waals surface area contributed by atoms with Crippen LogP contribution in [-0.4, -0.2) is 4.57 Å². The molecule has 0 atom stereocenters. The molecule has 0 spiro atoms. The molecule has 0 fully saturated rings. The molecule has 2 nitrogen and oxygen atoms in total. The summed E-state index contributed by atoms with van der Waals surface area (Å²) < 4.78 is 2.29. The van der Waals surface area contributed by atoms with Gasteiger partial charge in [0, 0.05) is 34.9 Å². The Bertz CT molecular complexity index is 561. The van der Waals surface area contributed by atoms with Gasteiger partial charge in [-0.25, -0.2) is 0 Å². The van der Waals surface area contributed by atoms with Crippen LogP contribution in [0.2, 0.25) is 0 Å². The van der Waals surface area contributed by atoms with Gasteiger partial charge in [0.2, 0.25) is 0 Å². The van der Waals surface area contributed by atoms with Crippen LogP contribution in [-0.2, 0) is 13.5 Å². The minimum atomic E-state index is 0.983. The molecule has 0 bridgehead atoms. The van der Waals surface area contributed by atoms with Gasteiger partial charge in [0.25, 0.3) is 0 Å². The second-order valence-electron chi connectivity index (χ2n) is 4.16. The smallest absolute Gasteiger partial charge is 0.0486 e. The summed E-state index contributed by atoms with van der Waals surface area (Å²) >= 11 is 0. The van der Waals surface area contributed by atoms with Gasteiger partial charge in [-0.15, -0.1) is 0 Å². The largest absolute Gasteiger partial charge is 0.402 e. The van der Waals surface area contributed by atoms with Crippen molar-refractivity contribution in [3.63, 3.8) is 0 Å². The number of benzene rings is 1. The lowest BCUT2D eigenvalue weighted by Gasteiger charge is -2.11. The van der Waals surface area contributed by atoms with Crippen molar-refractivity contribution >= 4 is 17.0 Å². The first-order valence-corrected chi connectivity index (χ1v) is 5.29. The molecule has 0 radical (unpaired) electrons. The lowest BCUT2D eigenvalue weighted by molar-refractivity contribution is 0.800. The van der Waals surface area contributed by atoms with E-state index in [9.17, 15) is 0 Å². The zero-order chi connectivity index (χ0) is 10.4. The molecular formula is C13H14N2. The van der Waals surface area contributed by atoms with Gasteiger partial charge in [-0.05, 0) is 25.0 Å². The van der Waals surface area contributed by atoms with Crippen molar-refractivity contribution in [2.24, 2.45) is 12.8 Å².